The van der Waals surface area contributed by atoms with Crippen molar-refractivity contribution in [1.82, 2.24) is 20.1 Å². The third kappa shape index (κ3) is 4.95. The van der Waals surface area contributed by atoms with Crippen molar-refractivity contribution in [3.63, 3.8) is 0 Å². The van der Waals surface area contributed by atoms with Gasteiger partial charge in [-0.2, -0.15) is 9.78 Å². The number of pyridine rings is 1. The van der Waals surface area contributed by atoms with Gasteiger partial charge in [0.1, 0.15) is 11.6 Å². The van der Waals surface area contributed by atoms with Crippen molar-refractivity contribution < 1.29 is 19.1 Å². The summed E-state index contributed by atoms with van der Waals surface area (Å²) in [5, 5.41) is 20.6. The molecule has 0 spiro atoms. The summed E-state index contributed by atoms with van der Waals surface area (Å²) in [6, 6.07) is 15.4. The molecule has 9 heteroatoms. The van der Waals surface area contributed by atoms with Gasteiger partial charge in [0, 0.05) is 36.1 Å². The SMILES string of the molecule is O=C(Nc1ccc(O)c(-c2cc(C3CCC3)n(C(=O)NCc3cccc(F)c3)n2)c1)c1cccnc1. The van der Waals surface area contributed by atoms with Gasteiger partial charge in [-0.15, -0.1) is 0 Å². The molecule has 3 N–H and O–H groups in total. The number of amides is 2. The number of rotatable bonds is 6. The van der Waals surface area contributed by atoms with E-state index in [2.05, 4.69) is 20.7 Å². The zero-order valence-corrected chi connectivity index (χ0v) is 19.3. The van der Waals surface area contributed by atoms with Crippen LogP contribution in [0.25, 0.3) is 11.3 Å². The number of hydrogen-bond acceptors (Lipinski definition) is 5. The normalized spacial score (nSPS) is 13.1. The van der Waals surface area contributed by atoms with Gasteiger partial charge in [0.05, 0.1) is 17.0 Å². The number of aromatic nitrogens is 3. The number of carbonyl (C=O) groups is 2. The number of phenolic OH excluding ortho intramolecular Hbond substituents is 1. The van der Waals surface area contributed by atoms with Gasteiger partial charge in [-0.1, -0.05) is 18.6 Å². The highest BCUT2D eigenvalue weighted by atomic mass is 19.1. The van der Waals surface area contributed by atoms with Crippen molar-refractivity contribution in [3.05, 3.63) is 95.7 Å². The van der Waals surface area contributed by atoms with Crippen LogP contribution in [0.2, 0.25) is 0 Å². The van der Waals surface area contributed by atoms with Crippen molar-refractivity contribution in [2.75, 3.05) is 5.32 Å². The molecule has 182 valence electrons. The minimum Gasteiger partial charge on any atom is -0.507 e. The first-order valence-corrected chi connectivity index (χ1v) is 11.7. The third-order valence-corrected chi connectivity index (χ3v) is 6.24. The van der Waals surface area contributed by atoms with Gasteiger partial charge in [0.15, 0.2) is 0 Å². The van der Waals surface area contributed by atoms with E-state index in [4.69, 9.17) is 0 Å². The second-order valence-corrected chi connectivity index (χ2v) is 8.71. The molecule has 0 aliphatic heterocycles. The van der Waals surface area contributed by atoms with Crippen molar-refractivity contribution >= 4 is 17.6 Å². The summed E-state index contributed by atoms with van der Waals surface area (Å²) < 4.78 is 14.8. The van der Waals surface area contributed by atoms with E-state index in [9.17, 15) is 19.1 Å². The van der Waals surface area contributed by atoms with Gasteiger partial charge in [-0.25, -0.2) is 9.18 Å². The van der Waals surface area contributed by atoms with Gasteiger partial charge < -0.3 is 15.7 Å². The zero-order chi connectivity index (χ0) is 25.1. The topological polar surface area (TPSA) is 109 Å². The van der Waals surface area contributed by atoms with Crippen molar-refractivity contribution in [1.29, 1.82) is 0 Å². The molecule has 1 saturated carbocycles. The van der Waals surface area contributed by atoms with Crippen molar-refractivity contribution in [3.8, 4) is 17.0 Å². The Bertz CT molecular complexity index is 1420. The molecule has 2 heterocycles. The van der Waals surface area contributed by atoms with Gasteiger partial charge in [0.25, 0.3) is 5.91 Å². The van der Waals surface area contributed by atoms with Gasteiger partial charge in [-0.3, -0.25) is 9.78 Å². The lowest BCUT2D eigenvalue weighted by Crippen LogP contribution is -2.31. The van der Waals surface area contributed by atoms with Crippen LogP contribution < -0.4 is 10.6 Å². The highest BCUT2D eigenvalue weighted by Crippen LogP contribution is 2.39. The summed E-state index contributed by atoms with van der Waals surface area (Å²) in [6.07, 6.45) is 5.99. The Morgan fingerprint density at radius 1 is 1.08 bits per heavy atom. The summed E-state index contributed by atoms with van der Waals surface area (Å²) in [5.74, 6) is -0.553. The Labute approximate surface area is 206 Å². The van der Waals surface area contributed by atoms with Crippen LogP contribution in [0.15, 0.2) is 73.1 Å². The van der Waals surface area contributed by atoms with Crippen LogP contribution in [0.3, 0.4) is 0 Å². The molecule has 8 nitrogen and oxygen atoms in total. The monoisotopic (exact) mass is 485 g/mol. The maximum atomic E-state index is 13.5. The third-order valence-electron chi connectivity index (χ3n) is 6.24. The number of nitrogens with one attached hydrogen (secondary N) is 2. The molecule has 0 atom stereocenters. The fourth-order valence-corrected chi connectivity index (χ4v) is 4.10. The second-order valence-electron chi connectivity index (χ2n) is 8.71. The molecule has 4 aromatic rings. The van der Waals surface area contributed by atoms with Gasteiger partial charge in [-0.05, 0) is 66.9 Å². The van der Waals surface area contributed by atoms with Gasteiger partial charge >= 0.3 is 6.03 Å². The molecular weight excluding hydrogens is 461 g/mol. The largest absolute Gasteiger partial charge is 0.507 e. The smallest absolute Gasteiger partial charge is 0.342 e. The molecule has 0 radical (unpaired) electrons. The van der Waals surface area contributed by atoms with E-state index in [1.807, 2.05) is 0 Å². The molecule has 2 amide bonds. The predicted octanol–water partition coefficient (Wildman–Crippen LogP) is 5.07. The maximum absolute atomic E-state index is 13.5. The van der Waals surface area contributed by atoms with E-state index in [0.717, 1.165) is 25.0 Å². The van der Waals surface area contributed by atoms with Crippen LogP contribution in [0.1, 0.15) is 46.8 Å². The summed E-state index contributed by atoms with van der Waals surface area (Å²) in [4.78, 5) is 29.5. The molecule has 0 unspecified atom stereocenters. The fraction of sp³-hybridized carbons (Fsp3) is 0.185. The summed E-state index contributed by atoms with van der Waals surface area (Å²) in [5.41, 5.74) is 3.04. The van der Waals surface area contributed by atoms with E-state index in [0.29, 0.717) is 28.1 Å². The first-order valence-electron chi connectivity index (χ1n) is 11.7. The van der Waals surface area contributed by atoms with Crippen LogP contribution >= 0.6 is 0 Å². The first-order chi connectivity index (χ1) is 17.5. The van der Waals surface area contributed by atoms with Gasteiger partial charge in [0.2, 0.25) is 0 Å². The standard InChI is InChI=1S/C27H24FN5O3/c28-20-8-1-4-17(12-20)15-30-27(36)33-24(18-5-2-6-18)14-23(32-33)22-13-21(9-10-25(22)34)31-26(35)19-7-3-11-29-16-19/h1,3-4,7-14,16,18,34H,2,5-6,15H2,(H,30,36)(H,31,35). The Hall–Kier alpha value is -4.53. The van der Waals surface area contributed by atoms with E-state index in [-0.39, 0.29) is 29.9 Å². The number of aromatic hydroxyl groups is 1. The number of carbonyl (C=O) groups excluding carboxylic acids is 2. The highest BCUT2D eigenvalue weighted by Gasteiger charge is 2.27. The lowest BCUT2D eigenvalue weighted by Gasteiger charge is -2.25. The Morgan fingerprint density at radius 2 is 1.94 bits per heavy atom. The van der Waals surface area contributed by atoms with E-state index in [1.165, 1.54) is 29.1 Å². The Balaban J connectivity index is 1.40. The van der Waals surface area contributed by atoms with Crippen molar-refractivity contribution in [2.45, 2.75) is 31.7 Å². The molecule has 5 rings (SSSR count). The zero-order valence-electron chi connectivity index (χ0n) is 19.3. The number of benzene rings is 2. The number of halogens is 1. The minimum atomic E-state index is -0.437. The van der Waals surface area contributed by atoms with Crippen LogP contribution in [-0.2, 0) is 6.54 Å². The second kappa shape index (κ2) is 9.99. The number of nitrogens with zero attached hydrogens (tertiary/aromatic N) is 3. The molecule has 1 aliphatic rings. The average Bonchev–Trinajstić information content (AvgIpc) is 3.27. The molecule has 0 saturated heterocycles. The molecule has 1 aliphatic carbocycles. The fourth-order valence-electron chi connectivity index (χ4n) is 4.10. The summed E-state index contributed by atoms with van der Waals surface area (Å²) in [7, 11) is 0. The summed E-state index contributed by atoms with van der Waals surface area (Å²) >= 11 is 0. The molecule has 2 aromatic carbocycles. The average molecular weight is 486 g/mol. The molecule has 36 heavy (non-hydrogen) atoms. The predicted molar refractivity (Wildman–Crippen MR) is 132 cm³/mol. The lowest BCUT2D eigenvalue weighted by atomic mass is 9.82. The number of phenols is 1. The Morgan fingerprint density at radius 3 is 2.67 bits per heavy atom. The molecule has 2 aromatic heterocycles. The minimum absolute atomic E-state index is 0.0284. The van der Waals surface area contributed by atoms with E-state index in [1.54, 1.807) is 48.7 Å². The van der Waals surface area contributed by atoms with Crippen LogP contribution in [0, 0.1) is 5.82 Å². The molecular formula is C27H24FN5O3. The van der Waals surface area contributed by atoms with E-state index < -0.39 is 6.03 Å². The first kappa shape index (κ1) is 23.2. The maximum Gasteiger partial charge on any atom is 0.342 e. The Kier molecular flexibility index (Phi) is 6.44. The van der Waals surface area contributed by atoms with Crippen LogP contribution in [-0.4, -0.2) is 31.8 Å². The number of anilines is 1. The number of hydrogen-bond donors (Lipinski definition) is 3. The van der Waals surface area contributed by atoms with Crippen molar-refractivity contribution in [2.24, 2.45) is 0 Å². The highest BCUT2D eigenvalue weighted by molar-refractivity contribution is 6.04. The quantitative estimate of drug-likeness (QED) is 0.331. The van der Waals surface area contributed by atoms with E-state index >= 15 is 0 Å². The summed E-state index contributed by atoms with van der Waals surface area (Å²) in [6.45, 7) is 0.150. The molecule has 0 bridgehead atoms. The lowest BCUT2D eigenvalue weighted by molar-refractivity contribution is 0.102. The van der Waals surface area contributed by atoms with Crippen LogP contribution in [0.4, 0.5) is 14.9 Å². The van der Waals surface area contributed by atoms with Crippen LogP contribution in [0.5, 0.6) is 5.75 Å². The molecule has 1 fully saturated rings.